The molecule has 3 rings (SSSR count). The minimum atomic E-state index is -4.56. The molecule has 14 heteroatoms. The molecule has 1 amide bonds. The summed E-state index contributed by atoms with van der Waals surface area (Å²) in [4.78, 5) is 24.3. The van der Waals surface area contributed by atoms with Gasteiger partial charge in [-0.1, -0.05) is 28.1 Å². The summed E-state index contributed by atoms with van der Waals surface area (Å²) in [5, 5.41) is 9.48. The van der Waals surface area contributed by atoms with Gasteiger partial charge in [-0.05, 0) is 61.3 Å². The van der Waals surface area contributed by atoms with E-state index in [1.54, 1.807) is 24.3 Å². The Morgan fingerprint density at radius 2 is 1.67 bits per heavy atom. The Morgan fingerprint density at radius 1 is 0.949 bits per heavy atom. The van der Waals surface area contributed by atoms with Crippen LogP contribution in [-0.2, 0) is 6.54 Å². The predicted molar refractivity (Wildman–Crippen MR) is 145 cm³/mol. The Kier molecular flexibility index (Phi) is 11.6. The molecule has 3 aromatic rings. The SMILES string of the molecule is NCCCNC(=O)c1ccc(Nc2nc(NCc3ccc(OCCCBr)cc3)nc(OCC(F)(F)F)n2)cc1. The van der Waals surface area contributed by atoms with E-state index in [0.717, 1.165) is 23.1 Å². The fourth-order valence-electron chi connectivity index (χ4n) is 3.07. The van der Waals surface area contributed by atoms with Gasteiger partial charge in [-0.2, -0.15) is 28.1 Å². The molecule has 0 unspecified atom stereocenters. The maximum absolute atomic E-state index is 12.7. The monoisotopic (exact) mass is 611 g/mol. The summed E-state index contributed by atoms with van der Waals surface area (Å²) in [5.41, 5.74) is 7.24. The van der Waals surface area contributed by atoms with Gasteiger partial charge in [-0.25, -0.2) is 0 Å². The molecular formula is C25H29BrF3N7O3. The van der Waals surface area contributed by atoms with Crippen molar-refractivity contribution in [2.45, 2.75) is 25.6 Å². The molecule has 10 nitrogen and oxygen atoms in total. The number of ether oxygens (including phenoxy) is 2. The molecule has 5 N–H and O–H groups in total. The van der Waals surface area contributed by atoms with Gasteiger partial charge in [0, 0.05) is 29.7 Å². The summed E-state index contributed by atoms with van der Waals surface area (Å²) in [5.74, 6) is 0.454. The molecule has 0 aliphatic heterocycles. The minimum Gasteiger partial charge on any atom is -0.494 e. The highest BCUT2D eigenvalue weighted by atomic mass is 79.9. The first kappa shape index (κ1) is 29.9. The average molecular weight is 612 g/mol. The molecule has 0 spiro atoms. The van der Waals surface area contributed by atoms with Crippen molar-refractivity contribution in [1.29, 1.82) is 0 Å². The van der Waals surface area contributed by atoms with Gasteiger partial charge in [-0.15, -0.1) is 0 Å². The molecule has 0 radical (unpaired) electrons. The second kappa shape index (κ2) is 15.1. The number of nitrogens with zero attached hydrogens (tertiary/aromatic N) is 3. The lowest BCUT2D eigenvalue weighted by atomic mass is 10.2. The summed E-state index contributed by atoms with van der Waals surface area (Å²) in [6.07, 6.45) is -3.02. The van der Waals surface area contributed by atoms with E-state index in [0.29, 0.717) is 37.4 Å². The Morgan fingerprint density at radius 3 is 2.33 bits per heavy atom. The summed E-state index contributed by atoms with van der Waals surface area (Å²) in [7, 11) is 0. The summed E-state index contributed by atoms with van der Waals surface area (Å²) in [6, 6.07) is 13.3. The summed E-state index contributed by atoms with van der Waals surface area (Å²) < 4.78 is 48.5. The second-order valence-corrected chi connectivity index (χ2v) is 8.95. The molecule has 0 aliphatic carbocycles. The van der Waals surface area contributed by atoms with Crippen molar-refractivity contribution in [3.8, 4) is 11.8 Å². The molecule has 39 heavy (non-hydrogen) atoms. The predicted octanol–water partition coefficient (Wildman–Crippen LogP) is 4.41. The van der Waals surface area contributed by atoms with E-state index in [9.17, 15) is 18.0 Å². The number of amides is 1. The van der Waals surface area contributed by atoms with Gasteiger partial charge in [0.1, 0.15) is 5.75 Å². The van der Waals surface area contributed by atoms with E-state index < -0.39 is 18.8 Å². The zero-order valence-electron chi connectivity index (χ0n) is 20.9. The number of hydrogen-bond donors (Lipinski definition) is 4. The third-order valence-electron chi connectivity index (χ3n) is 4.97. The average Bonchev–Trinajstić information content (AvgIpc) is 2.92. The Bertz CT molecular complexity index is 1180. The van der Waals surface area contributed by atoms with Gasteiger partial charge in [0.05, 0.1) is 6.61 Å². The number of alkyl halides is 4. The van der Waals surface area contributed by atoms with Gasteiger partial charge in [0.15, 0.2) is 6.61 Å². The van der Waals surface area contributed by atoms with Crippen molar-refractivity contribution >= 4 is 39.4 Å². The number of benzene rings is 2. The van der Waals surface area contributed by atoms with Crippen LogP contribution in [-0.4, -0.2) is 58.7 Å². The highest BCUT2D eigenvalue weighted by Crippen LogP contribution is 2.21. The maximum atomic E-state index is 12.7. The first-order chi connectivity index (χ1) is 18.8. The standard InChI is InChI=1S/C25H29BrF3N7O3/c26-11-1-14-38-20-9-3-17(4-10-20)15-32-22-34-23(36-24(35-22)39-16-25(27,28)29)33-19-7-5-18(6-8-19)21(37)31-13-2-12-30/h3-10H,1-2,11-16,30H2,(H,31,37)(H2,32,33,34,35,36). The van der Waals surface area contributed by atoms with E-state index in [2.05, 4.69) is 46.8 Å². The topological polar surface area (TPSA) is 136 Å². The fraction of sp³-hybridized carbons (Fsp3) is 0.360. The van der Waals surface area contributed by atoms with Crippen LogP contribution < -0.4 is 31.2 Å². The Balaban J connectivity index is 1.68. The van der Waals surface area contributed by atoms with E-state index in [4.69, 9.17) is 15.2 Å². The van der Waals surface area contributed by atoms with Crippen molar-refractivity contribution in [3.05, 3.63) is 59.7 Å². The number of nitrogens with two attached hydrogens (primary N) is 1. The number of aromatic nitrogens is 3. The number of carbonyl (C=O) groups excluding carboxylic acids is 1. The van der Waals surface area contributed by atoms with Gasteiger partial charge >= 0.3 is 12.2 Å². The lowest BCUT2D eigenvalue weighted by molar-refractivity contribution is -0.154. The quantitative estimate of drug-likeness (QED) is 0.145. The zero-order valence-corrected chi connectivity index (χ0v) is 22.5. The normalized spacial score (nSPS) is 11.1. The maximum Gasteiger partial charge on any atom is 0.422 e. The van der Waals surface area contributed by atoms with E-state index >= 15 is 0 Å². The molecule has 0 saturated heterocycles. The molecule has 1 heterocycles. The molecule has 0 saturated carbocycles. The van der Waals surface area contributed by atoms with Crippen molar-refractivity contribution in [1.82, 2.24) is 20.3 Å². The van der Waals surface area contributed by atoms with Crippen molar-refractivity contribution in [2.24, 2.45) is 5.73 Å². The van der Waals surface area contributed by atoms with Crippen LogP contribution in [0.4, 0.5) is 30.8 Å². The zero-order chi connectivity index (χ0) is 28.1. The molecule has 210 valence electrons. The van der Waals surface area contributed by atoms with Gasteiger partial charge in [-0.3, -0.25) is 4.79 Å². The highest BCUT2D eigenvalue weighted by molar-refractivity contribution is 9.09. The third-order valence-corrected chi connectivity index (χ3v) is 5.53. The molecule has 0 bridgehead atoms. The largest absolute Gasteiger partial charge is 0.494 e. The smallest absolute Gasteiger partial charge is 0.422 e. The molecule has 2 aromatic carbocycles. The minimum absolute atomic E-state index is 0.0122. The number of nitrogens with one attached hydrogen (secondary N) is 3. The third kappa shape index (κ3) is 10.9. The number of halogens is 4. The van der Waals surface area contributed by atoms with Gasteiger partial charge in [0.2, 0.25) is 11.9 Å². The summed E-state index contributed by atoms with van der Waals surface area (Å²) >= 11 is 3.35. The van der Waals surface area contributed by atoms with Crippen LogP contribution in [0.2, 0.25) is 0 Å². The number of carbonyl (C=O) groups is 1. The number of hydrogen-bond acceptors (Lipinski definition) is 9. The van der Waals surface area contributed by atoms with Crippen LogP contribution in [0, 0.1) is 0 Å². The van der Waals surface area contributed by atoms with Crippen LogP contribution >= 0.6 is 15.9 Å². The molecule has 0 aliphatic rings. The highest BCUT2D eigenvalue weighted by Gasteiger charge is 2.29. The Hall–Kier alpha value is -3.65. The Labute approximate surface area is 232 Å². The van der Waals surface area contributed by atoms with Crippen molar-refractivity contribution < 1.29 is 27.4 Å². The van der Waals surface area contributed by atoms with Crippen molar-refractivity contribution in [2.75, 3.05) is 42.3 Å². The number of rotatable bonds is 15. The van der Waals surface area contributed by atoms with E-state index in [1.807, 2.05) is 24.3 Å². The van der Waals surface area contributed by atoms with E-state index in [-0.39, 0.29) is 24.3 Å². The van der Waals surface area contributed by atoms with Crippen LogP contribution in [0.5, 0.6) is 11.8 Å². The van der Waals surface area contributed by atoms with Crippen molar-refractivity contribution in [3.63, 3.8) is 0 Å². The fourth-order valence-corrected chi connectivity index (χ4v) is 3.30. The van der Waals surface area contributed by atoms with Gasteiger partial charge < -0.3 is 31.2 Å². The second-order valence-electron chi connectivity index (χ2n) is 8.16. The molecule has 0 fully saturated rings. The van der Waals surface area contributed by atoms with Crippen LogP contribution in [0.3, 0.4) is 0 Å². The molecular weight excluding hydrogens is 583 g/mol. The molecule has 0 atom stereocenters. The van der Waals surface area contributed by atoms with Crippen LogP contribution in [0.15, 0.2) is 48.5 Å². The van der Waals surface area contributed by atoms with Crippen LogP contribution in [0.25, 0.3) is 0 Å². The molecule has 1 aromatic heterocycles. The lowest BCUT2D eigenvalue weighted by Gasteiger charge is -2.12. The van der Waals surface area contributed by atoms with Crippen LogP contribution in [0.1, 0.15) is 28.8 Å². The number of anilines is 3. The lowest BCUT2D eigenvalue weighted by Crippen LogP contribution is -2.25. The summed E-state index contributed by atoms with van der Waals surface area (Å²) in [6.45, 7) is 0.263. The first-order valence-corrected chi connectivity index (χ1v) is 13.2. The first-order valence-electron chi connectivity index (χ1n) is 12.1. The van der Waals surface area contributed by atoms with Gasteiger partial charge in [0.25, 0.3) is 5.91 Å². The van der Waals surface area contributed by atoms with E-state index in [1.165, 1.54) is 0 Å².